The molecule has 15 heavy (non-hydrogen) atoms. The van der Waals surface area contributed by atoms with E-state index in [2.05, 4.69) is 11.1 Å². The third-order valence-corrected chi connectivity index (χ3v) is 4.22. The first-order chi connectivity index (χ1) is 7.43. The van der Waals surface area contributed by atoms with Crippen molar-refractivity contribution in [2.45, 2.75) is 11.0 Å². The molecule has 0 saturated heterocycles. The van der Waals surface area contributed by atoms with E-state index in [-0.39, 0.29) is 6.10 Å². The summed E-state index contributed by atoms with van der Waals surface area (Å²) in [6, 6.07) is 8.16. The third kappa shape index (κ3) is 1.75. The van der Waals surface area contributed by atoms with Crippen LogP contribution in [0.2, 0.25) is 0 Å². The number of nitrogens with zero attached hydrogens (tertiary/aromatic N) is 1. The zero-order valence-electron chi connectivity index (χ0n) is 7.92. The molecule has 1 aromatic heterocycles. The van der Waals surface area contributed by atoms with Gasteiger partial charge in [0.25, 0.3) is 0 Å². The highest BCUT2D eigenvalue weighted by atomic mass is 32.2. The number of hydrogen-bond donors (Lipinski definition) is 0. The summed E-state index contributed by atoms with van der Waals surface area (Å²) in [5.74, 6) is 1.93. The van der Waals surface area contributed by atoms with E-state index in [1.165, 1.54) is 4.90 Å². The van der Waals surface area contributed by atoms with E-state index in [4.69, 9.17) is 4.74 Å². The summed E-state index contributed by atoms with van der Waals surface area (Å²) in [5.41, 5.74) is 0. The molecule has 1 aromatic carbocycles. The van der Waals surface area contributed by atoms with Crippen molar-refractivity contribution in [2.24, 2.45) is 0 Å². The molecule has 2 aromatic rings. The molecule has 0 amide bonds. The van der Waals surface area contributed by atoms with Crippen LogP contribution in [0.5, 0.6) is 5.75 Å². The van der Waals surface area contributed by atoms with E-state index in [9.17, 15) is 0 Å². The standard InChI is InChI=1S/C11H9NOS2/c1-2-4-10-8(3-1)13-9(7-15-10)11-12-5-6-14-11/h1-6,9H,7H2. The van der Waals surface area contributed by atoms with Crippen LogP contribution in [0.25, 0.3) is 0 Å². The van der Waals surface area contributed by atoms with Gasteiger partial charge in [0, 0.05) is 22.2 Å². The Morgan fingerprint density at radius 1 is 1.33 bits per heavy atom. The van der Waals surface area contributed by atoms with Crippen molar-refractivity contribution in [1.29, 1.82) is 0 Å². The Hall–Kier alpha value is -1.000. The highest BCUT2D eigenvalue weighted by Crippen LogP contribution is 2.40. The first-order valence-electron chi connectivity index (χ1n) is 4.71. The SMILES string of the molecule is c1ccc2c(c1)OC(c1nccs1)CS2. The summed E-state index contributed by atoms with van der Waals surface area (Å²) in [4.78, 5) is 5.52. The van der Waals surface area contributed by atoms with Crippen molar-refractivity contribution in [3.63, 3.8) is 0 Å². The number of benzene rings is 1. The monoisotopic (exact) mass is 235 g/mol. The van der Waals surface area contributed by atoms with Crippen LogP contribution in [0.4, 0.5) is 0 Å². The van der Waals surface area contributed by atoms with Gasteiger partial charge in [0.05, 0.1) is 0 Å². The lowest BCUT2D eigenvalue weighted by Crippen LogP contribution is -2.14. The first-order valence-corrected chi connectivity index (χ1v) is 6.58. The quantitative estimate of drug-likeness (QED) is 0.756. The van der Waals surface area contributed by atoms with Gasteiger partial charge in [-0.05, 0) is 12.1 Å². The smallest absolute Gasteiger partial charge is 0.159 e. The molecular formula is C11H9NOS2. The second-order valence-electron chi connectivity index (χ2n) is 3.23. The number of fused-ring (bicyclic) bond motifs is 1. The summed E-state index contributed by atoms with van der Waals surface area (Å²) in [6.45, 7) is 0. The summed E-state index contributed by atoms with van der Waals surface area (Å²) >= 11 is 3.49. The number of aromatic nitrogens is 1. The van der Waals surface area contributed by atoms with E-state index in [1.54, 1.807) is 11.3 Å². The molecule has 0 fully saturated rings. The third-order valence-electron chi connectivity index (χ3n) is 2.24. The molecule has 0 radical (unpaired) electrons. The van der Waals surface area contributed by atoms with Crippen molar-refractivity contribution >= 4 is 23.1 Å². The maximum absolute atomic E-state index is 5.90. The largest absolute Gasteiger partial charge is 0.481 e. The van der Waals surface area contributed by atoms with Gasteiger partial charge in [0.15, 0.2) is 6.10 Å². The van der Waals surface area contributed by atoms with Crippen LogP contribution >= 0.6 is 23.1 Å². The Kier molecular flexibility index (Phi) is 2.38. The maximum atomic E-state index is 5.90. The average Bonchev–Trinajstić information content (AvgIpc) is 2.82. The molecule has 0 aliphatic carbocycles. The van der Waals surface area contributed by atoms with Gasteiger partial charge in [0.1, 0.15) is 10.8 Å². The summed E-state index contributed by atoms with van der Waals surface area (Å²) in [5, 5.41) is 3.06. The molecule has 0 N–H and O–H groups in total. The molecule has 1 aliphatic heterocycles. The van der Waals surface area contributed by atoms with Crippen molar-refractivity contribution in [1.82, 2.24) is 4.98 Å². The zero-order chi connectivity index (χ0) is 10.1. The molecule has 76 valence electrons. The molecule has 4 heteroatoms. The number of thioether (sulfide) groups is 1. The lowest BCUT2D eigenvalue weighted by Gasteiger charge is -2.23. The molecule has 1 unspecified atom stereocenters. The molecule has 0 saturated carbocycles. The van der Waals surface area contributed by atoms with Gasteiger partial charge in [-0.2, -0.15) is 0 Å². The number of hydrogen-bond acceptors (Lipinski definition) is 4. The molecule has 1 aliphatic rings. The number of para-hydroxylation sites is 1. The van der Waals surface area contributed by atoms with Gasteiger partial charge >= 0.3 is 0 Å². The van der Waals surface area contributed by atoms with E-state index in [1.807, 2.05) is 41.5 Å². The van der Waals surface area contributed by atoms with Gasteiger partial charge in [-0.25, -0.2) is 4.98 Å². The van der Waals surface area contributed by atoms with Crippen molar-refractivity contribution in [2.75, 3.05) is 5.75 Å². The molecule has 0 bridgehead atoms. The minimum Gasteiger partial charge on any atom is -0.481 e. The predicted molar refractivity (Wildman–Crippen MR) is 62.6 cm³/mol. The van der Waals surface area contributed by atoms with E-state index in [0.29, 0.717) is 0 Å². The Bertz CT molecular complexity index is 455. The normalized spacial score (nSPS) is 19.3. The van der Waals surface area contributed by atoms with Crippen LogP contribution in [0.15, 0.2) is 40.7 Å². The van der Waals surface area contributed by atoms with Crippen molar-refractivity contribution in [3.05, 3.63) is 40.8 Å². The number of thiazole rings is 1. The molecule has 2 heterocycles. The molecular weight excluding hydrogens is 226 g/mol. The van der Waals surface area contributed by atoms with Crippen LogP contribution in [-0.2, 0) is 0 Å². The Morgan fingerprint density at radius 2 is 2.27 bits per heavy atom. The first kappa shape index (κ1) is 9.24. The van der Waals surface area contributed by atoms with Gasteiger partial charge in [-0.1, -0.05) is 12.1 Å². The number of ether oxygens (including phenoxy) is 1. The van der Waals surface area contributed by atoms with Crippen LogP contribution in [0, 0.1) is 0 Å². The lowest BCUT2D eigenvalue weighted by atomic mass is 10.3. The molecule has 0 spiro atoms. The van der Waals surface area contributed by atoms with Gasteiger partial charge in [-0.15, -0.1) is 23.1 Å². The maximum Gasteiger partial charge on any atom is 0.159 e. The van der Waals surface area contributed by atoms with E-state index < -0.39 is 0 Å². The predicted octanol–water partition coefficient (Wildman–Crippen LogP) is 3.37. The summed E-state index contributed by atoms with van der Waals surface area (Å²) in [6.07, 6.45) is 1.94. The van der Waals surface area contributed by atoms with Crippen LogP contribution in [0.3, 0.4) is 0 Å². The second-order valence-corrected chi connectivity index (χ2v) is 5.22. The van der Waals surface area contributed by atoms with Crippen LogP contribution in [-0.4, -0.2) is 10.7 Å². The van der Waals surface area contributed by atoms with E-state index >= 15 is 0 Å². The van der Waals surface area contributed by atoms with Crippen molar-refractivity contribution in [3.8, 4) is 5.75 Å². The molecule has 3 rings (SSSR count). The fraction of sp³-hybridized carbons (Fsp3) is 0.182. The van der Waals surface area contributed by atoms with Gasteiger partial charge < -0.3 is 4.74 Å². The topological polar surface area (TPSA) is 22.1 Å². The highest BCUT2D eigenvalue weighted by molar-refractivity contribution is 7.99. The van der Waals surface area contributed by atoms with Crippen LogP contribution in [0.1, 0.15) is 11.1 Å². The Balaban J connectivity index is 1.89. The fourth-order valence-corrected chi connectivity index (χ4v) is 3.30. The second kappa shape index (κ2) is 3.87. The van der Waals surface area contributed by atoms with E-state index in [0.717, 1.165) is 16.5 Å². The Morgan fingerprint density at radius 3 is 3.13 bits per heavy atom. The van der Waals surface area contributed by atoms with Gasteiger partial charge in [0.2, 0.25) is 0 Å². The number of rotatable bonds is 1. The summed E-state index contributed by atoms with van der Waals surface area (Å²) in [7, 11) is 0. The van der Waals surface area contributed by atoms with Crippen molar-refractivity contribution < 1.29 is 4.74 Å². The van der Waals surface area contributed by atoms with Crippen LogP contribution < -0.4 is 4.74 Å². The van der Waals surface area contributed by atoms with Gasteiger partial charge in [-0.3, -0.25) is 0 Å². The highest BCUT2D eigenvalue weighted by Gasteiger charge is 2.22. The Labute approximate surface area is 96.3 Å². The average molecular weight is 235 g/mol. The minimum absolute atomic E-state index is 0.116. The molecule has 2 nitrogen and oxygen atoms in total. The molecule has 1 atom stereocenters. The fourth-order valence-electron chi connectivity index (χ4n) is 1.53. The minimum atomic E-state index is 0.116. The lowest BCUT2D eigenvalue weighted by molar-refractivity contribution is 0.220. The summed E-state index contributed by atoms with van der Waals surface area (Å²) < 4.78 is 5.90. The zero-order valence-corrected chi connectivity index (χ0v) is 9.55.